The minimum Gasteiger partial charge on any atom is -0.339 e. The van der Waals surface area contributed by atoms with Gasteiger partial charge in [0.1, 0.15) is 5.82 Å². The molecule has 35 heavy (non-hydrogen) atoms. The highest BCUT2D eigenvalue weighted by Crippen LogP contribution is 2.38. The van der Waals surface area contributed by atoms with E-state index in [1.165, 1.54) is 33.8 Å². The van der Waals surface area contributed by atoms with Gasteiger partial charge in [0.15, 0.2) is 0 Å². The molecule has 3 heterocycles. The Balaban J connectivity index is 1.32. The third-order valence-electron chi connectivity index (χ3n) is 6.81. The van der Waals surface area contributed by atoms with E-state index >= 15 is 0 Å². The molecule has 1 N–H and O–H groups in total. The molecule has 8 nitrogen and oxygen atoms in total. The number of sulfonamides is 1. The molecule has 186 valence electrons. The van der Waals surface area contributed by atoms with Crippen LogP contribution in [-0.4, -0.2) is 41.9 Å². The van der Waals surface area contributed by atoms with E-state index in [1.807, 2.05) is 0 Å². The number of aryl methyl sites for hydroxylation is 2. The summed E-state index contributed by atoms with van der Waals surface area (Å²) >= 11 is 1.32. The molecule has 1 aromatic carbocycles. The molecule has 1 saturated heterocycles. The van der Waals surface area contributed by atoms with Crippen LogP contribution in [0.25, 0.3) is 10.7 Å². The minimum absolute atomic E-state index is 0.0903. The van der Waals surface area contributed by atoms with Crippen molar-refractivity contribution in [2.75, 3.05) is 18.4 Å². The van der Waals surface area contributed by atoms with Gasteiger partial charge in [-0.05, 0) is 69.4 Å². The molecule has 5 rings (SSSR count). The van der Waals surface area contributed by atoms with Gasteiger partial charge in [0.25, 0.3) is 0 Å². The fourth-order valence-electron chi connectivity index (χ4n) is 4.50. The SMILES string of the molecule is Cc1cc(F)ccc1NC(=O)[C@@H]1CCCN(S(=O)(=O)c2cc(-c3noc(C4CCC4)n3)sc2C)C1. The Morgan fingerprint density at radius 1 is 1.20 bits per heavy atom. The maximum atomic E-state index is 13.5. The monoisotopic (exact) mass is 518 g/mol. The number of carbonyl (C=O) groups is 1. The van der Waals surface area contributed by atoms with Crippen molar-refractivity contribution in [1.82, 2.24) is 14.4 Å². The van der Waals surface area contributed by atoms with Crippen molar-refractivity contribution in [1.29, 1.82) is 0 Å². The van der Waals surface area contributed by atoms with Gasteiger partial charge >= 0.3 is 0 Å². The van der Waals surface area contributed by atoms with Crippen molar-refractivity contribution in [2.45, 2.75) is 56.8 Å². The van der Waals surface area contributed by atoms with Crippen LogP contribution in [0.4, 0.5) is 10.1 Å². The van der Waals surface area contributed by atoms with Crippen LogP contribution in [0.15, 0.2) is 33.7 Å². The third-order valence-corrected chi connectivity index (χ3v) is 9.97. The summed E-state index contributed by atoms with van der Waals surface area (Å²) in [6.07, 6.45) is 4.38. The predicted octanol–water partition coefficient (Wildman–Crippen LogP) is 4.86. The number of amides is 1. The second kappa shape index (κ2) is 9.44. The molecule has 2 aromatic heterocycles. The largest absolute Gasteiger partial charge is 0.339 e. The summed E-state index contributed by atoms with van der Waals surface area (Å²) in [7, 11) is -3.81. The van der Waals surface area contributed by atoms with Crippen LogP contribution in [0.5, 0.6) is 0 Å². The number of carbonyl (C=O) groups excluding carboxylic acids is 1. The smallest absolute Gasteiger partial charge is 0.244 e. The summed E-state index contributed by atoms with van der Waals surface area (Å²) in [6, 6.07) is 5.76. The van der Waals surface area contributed by atoms with E-state index in [0.717, 1.165) is 19.3 Å². The van der Waals surface area contributed by atoms with Crippen LogP contribution in [0, 0.1) is 25.6 Å². The maximum Gasteiger partial charge on any atom is 0.244 e. The number of rotatable bonds is 6. The van der Waals surface area contributed by atoms with E-state index in [0.29, 0.717) is 58.0 Å². The van der Waals surface area contributed by atoms with Crippen LogP contribution >= 0.6 is 11.3 Å². The maximum absolute atomic E-state index is 13.5. The number of aromatic nitrogens is 2. The van der Waals surface area contributed by atoms with E-state index in [-0.39, 0.29) is 23.2 Å². The zero-order valence-electron chi connectivity index (χ0n) is 19.6. The van der Waals surface area contributed by atoms with Crippen LogP contribution in [0.3, 0.4) is 0 Å². The number of piperidine rings is 1. The van der Waals surface area contributed by atoms with Gasteiger partial charge in [0.2, 0.25) is 27.6 Å². The molecular weight excluding hydrogens is 491 g/mol. The quantitative estimate of drug-likeness (QED) is 0.500. The number of benzene rings is 1. The Bertz CT molecular complexity index is 1360. The highest BCUT2D eigenvalue weighted by Gasteiger charge is 2.35. The van der Waals surface area contributed by atoms with Gasteiger partial charge in [-0.2, -0.15) is 9.29 Å². The average molecular weight is 519 g/mol. The first-order valence-electron chi connectivity index (χ1n) is 11.7. The molecule has 11 heteroatoms. The molecule has 1 atom stereocenters. The first-order chi connectivity index (χ1) is 16.7. The lowest BCUT2D eigenvalue weighted by Gasteiger charge is -2.31. The molecular formula is C24H27FN4O4S2. The number of anilines is 1. The summed E-state index contributed by atoms with van der Waals surface area (Å²) in [4.78, 5) is 18.9. The van der Waals surface area contributed by atoms with Gasteiger partial charge in [-0.25, -0.2) is 12.8 Å². The zero-order chi connectivity index (χ0) is 24.7. The molecule has 1 aliphatic heterocycles. The fourth-order valence-corrected chi connectivity index (χ4v) is 7.51. The Labute approximate surface area is 207 Å². The number of hydrogen-bond acceptors (Lipinski definition) is 7. The van der Waals surface area contributed by atoms with Crippen LogP contribution in [0.1, 0.15) is 54.4 Å². The molecule has 1 aliphatic carbocycles. The van der Waals surface area contributed by atoms with Crippen LogP contribution < -0.4 is 5.32 Å². The van der Waals surface area contributed by atoms with Gasteiger partial charge in [-0.15, -0.1) is 11.3 Å². The summed E-state index contributed by atoms with van der Waals surface area (Å²) in [5.74, 6) is 0.188. The van der Waals surface area contributed by atoms with Crippen molar-refractivity contribution >= 4 is 33.0 Å². The highest BCUT2D eigenvalue weighted by atomic mass is 32.2. The Morgan fingerprint density at radius 3 is 2.71 bits per heavy atom. The van der Waals surface area contributed by atoms with Crippen molar-refractivity contribution in [2.24, 2.45) is 5.92 Å². The summed E-state index contributed by atoms with van der Waals surface area (Å²) in [5.41, 5.74) is 1.14. The average Bonchev–Trinajstić information content (AvgIpc) is 3.42. The number of nitrogens with one attached hydrogen (secondary N) is 1. The lowest BCUT2D eigenvalue weighted by Crippen LogP contribution is -2.43. The van der Waals surface area contributed by atoms with E-state index in [4.69, 9.17) is 4.52 Å². The van der Waals surface area contributed by atoms with E-state index < -0.39 is 15.9 Å². The molecule has 1 amide bonds. The molecule has 1 saturated carbocycles. The summed E-state index contributed by atoms with van der Waals surface area (Å²) in [6.45, 7) is 3.92. The highest BCUT2D eigenvalue weighted by molar-refractivity contribution is 7.89. The van der Waals surface area contributed by atoms with Crippen molar-refractivity contribution in [3.8, 4) is 10.7 Å². The third kappa shape index (κ3) is 4.76. The summed E-state index contributed by atoms with van der Waals surface area (Å²) in [5, 5.41) is 6.89. The molecule has 0 bridgehead atoms. The second-order valence-electron chi connectivity index (χ2n) is 9.27. The first-order valence-corrected chi connectivity index (χ1v) is 14.0. The first kappa shape index (κ1) is 24.1. The number of nitrogens with zero attached hydrogens (tertiary/aromatic N) is 3. The Morgan fingerprint density at radius 2 is 2.00 bits per heavy atom. The standard InChI is InChI=1S/C24H27FN4O4S2/c1-14-11-18(25)8-9-19(14)26-23(30)17-7-4-10-29(13-17)35(31,32)21-12-20(34-15(21)2)22-27-24(33-28-22)16-5-3-6-16/h8-9,11-12,16-17H,3-7,10,13H2,1-2H3,(H,26,30)/t17-/m1/s1. The zero-order valence-corrected chi connectivity index (χ0v) is 21.2. The molecule has 0 spiro atoms. The van der Waals surface area contributed by atoms with Crippen LogP contribution in [-0.2, 0) is 14.8 Å². The molecule has 0 radical (unpaired) electrons. The van der Waals surface area contributed by atoms with Crippen molar-refractivity contribution in [3.05, 3.63) is 46.4 Å². The van der Waals surface area contributed by atoms with E-state index in [2.05, 4.69) is 15.5 Å². The van der Waals surface area contributed by atoms with Crippen molar-refractivity contribution in [3.63, 3.8) is 0 Å². The summed E-state index contributed by atoms with van der Waals surface area (Å²) < 4.78 is 47.2. The van der Waals surface area contributed by atoms with Gasteiger partial charge in [0, 0.05) is 29.6 Å². The molecule has 2 fully saturated rings. The lowest BCUT2D eigenvalue weighted by atomic mass is 9.85. The Kier molecular flexibility index (Phi) is 6.49. The normalized spacial score (nSPS) is 19.5. The molecule has 2 aliphatic rings. The number of thiophene rings is 1. The van der Waals surface area contributed by atoms with Crippen LogP contribution in [0.2, 0.25) is 0 Å². The van der Waals surface area contributed by atoms with Gasteiger partial charge in [-0.1, -0.05) is 11.6 Å². The lowest BCUT2D eigenvalue weighted by molar-refractivity contribution is -0.120. The van der Waals surface area contributed by atoms with Crippen molar-refractivity contribution < 1.29 is 22.1 Å². The topological polar surface area (TPSA) is 105 Å². The van der Waals surface area contributed by atoms with Gasteiger partial charge in [-0.3, -0.25) is 4.79 Å². The minimum atomic E-state index is -3.81. The van der Waals surface area contributed by atoms with Gasteiger partial charge in [0.05, 0.1) is 15.7 Å². The number of halogens is 1. The Hall–Kier alpha value is -2.63. The van der Waals surface area contributed by atoms with E-state index in [9.17, 15) is 17.6 Å². The van der Waals surface area contributed by atoms with E-state index in [1.54, 1.807) is 19.9 Å². The predicted molar refractivity (Wildman–Crippen MR) is 130 cm³/mol. The number of hydrogen-bond donors (Lipinski definition) is 1. The molecule has 0 unspecified atom stereocenters. The molecule has 3 aromatic rings. The second-order valence-corrected chi connectivity index (χ2v) is 12.4. The van der Waals surface area contributed by atoms with Gasteiger partial charge < -0.3 is 9.84 Å². The fraction of sp³-hybridized carbons (Fsp3) is 0.458.